The van der Waals surface area contributed by atoms with Gasteiger partial charge < -0.3 is 13.8 Å². The fourth-order valence-corrected chi connectivity index (χ4v) is 4.64. The molecule has 3 aromatic heterocycles. The number of carbonyl (C=O) groups excluding carboxylic acids is 1. The Morgan fingerprint density at radius 3 is 2.71 bits per heavy atom. The van der Waals surface area contributed by atoms with Crippen LogP contribution in [-0.4, -0.2) is 33.5 Å². The van der Waals surface area contributed by atoms with Crippen LogP contribution in [0.5, 0.6) is 0 Å². The first kappa shape index (κ1) is 19.5. The number of hydrogen-bond donors (Lipinski definition) is 0. The van der Waals surface area contributed by atoms with E-state index in [1.807, 2.05) is 56.0 Å². The lowest BCUT2D eigenvalue weighted by atomic mass is 10.0. The molecule has 1 atom stereocenters. The Balaban J connectivity index is 1.56. The van der Waals surface area contributed by atoms with E-state index in [1.165, 1.54) is 5.56 Å². The normalized spacial score (nSPS) is 16.4. The lowest BCUT2D eigenvalue weighted by Gasteiger charge is -2.25. The van der Waals surface area contributed by atoms with Crippen molar-refractivity contribution in [2.75, 3.05) is 6.54 Å². The standard InChI is InChI=1S/C25H25N3O3/c1-15-12-20(17(3)30-15)22-14-21(23-16(2)27-31-24(23)26-22)25(29)28-11-7-10-19(28)13-18-8-5-4-6-9-18/h4-6,8-9,12,14,19H,7,10-11,13H2,1-3H3. The van der Waals surface area contributed by atoms with Crippen molar-refractivity contribution in [1.82, 2.24) is 15.0 Å². The van der Waals surface area contributed by atoms with Crippen LogP contribution in [-0.2, 0) is 6.42 Å². The van der Waals surface area contributed by atoms with Gasteiger partial charge in [0.05, 0.1) is 22.3 Å². The molecule has 5 rings (SSSR count). The topological polar surface area (TPSA) is 72.4 Å². The maximum Gasteiger partial charge on any atom is 0.259 e. The van der Waals surface area contributed by atoms with Gasteiger partial charge in [-0.1, -0.05) is 35.5 Å². The van der Waals surface area contributed by atoms with Gasteiger partial charge in [0, 0.05) is 18.2 Å². The Morgan fingerprint density at radius 1 is 1.16 bits per heavy atom. The Hall–Kier alpha value is -3.41. The molecular formula is C25H25N3O3. The minimum Gasteiger partial charge on any atom is -0.466 e. The SMILES string of the molecule is Cc1cc(-c2cc(C(=O)N3CCCC3Cc3ccccc3)c3c(C)noc3n2)c(C)o1. The summed E-state index contributed by atoms with van der Waals surface area (Å²) in [5.41, 5.74) is 4.44. The Morgan fingerprint density at radius 2 is 1.97 bits per heavy atom. The number of aromatic nitrogens is 2. The highest BCUT2D eigenvalue weighted by Gasteiger charge is 2.32. The molecule has 1 aromatic carbocycles. The number of benzene rings is 1. The van der Waals surface area contributed by atoms with Crippen molar-refractivity contribution in [3.63, 3.8) is 0 Å². The van der Waals surface area contributed by atoms with E-state index in [0.29, 0.717) is 28.1 Å². The maximum atomic E-state index is 13.8. The lowest BCUT2D eigenvalue weighted by molar-refractivity contribution is 0.0738. The molecular weight excluding hydrogens is 390 g/mol. The summed E-state index contributed by atoms with van der Waals surface area (Å²) in [7, 11) is 0. The second-order valence-corrected chi connectivity index (χ2v) is 8.31. The average molecular weight is 415 g/mol. The van der Waals surface area contributed by atoms with Crippen LogP contribution >= 0.6 is 0 Å². The molecule has 1 unspecified atom stereocenters. The summed E-state index contributed by atoms with van der Waals surface area (Å²) in [6.07, 6.45) is 2.87. The van der Waals surface area contributed by atoms with E-state index in [0.717, 1.165) is 42.9 Å². The van der Waals surface area contributed by atoms with Gasteiger partial charge in [-0.05, 0) is 57.7 Å². The highest BCUT2D eigenvalue weighted by Crippen LogP contribution is 2.32. The van der Waals surface area contributed by atoms with Crippen LogP contribution in [0.4, 0.5) is 0 Å². The zero-order valence-electron chi connectivity index (χ0n) is 18.0. The summed E-state index contributed by atoms with van der Waals surface area (Å²) in [4.78, 5) is 20.4. The second-order valence-electron chi connectivity index (χ2n) is 8.31. The van der Waals surface area contributed by atoms with Crippen molar-refractivity contribution in [1.29, 1.82) is 0 Å². The largest absolute Gasteiger partial charge is 0.466 e. The molecule has 0 radical (unpaired) electrons. The van der Waals surface area contributed by atoms with Gasteiger partial charge in [-0.3, -0.25) is 4.79 Å². The number of aryl methyl sites for hydroxylation is 3. The Kier molecular flexibility index (Phi) is 4.85. The Labute approximate surface area is 180 Å². The highest BCUT2D eigenvalue weighted by molar-refractivity contribution is 6.07. The first-order valence-electron chi connectivity index (χ1n) is 10.7. The number of pyridine rings is 1. The zero-order chi connectivity index (χ0) is 21.5. The number of carbonyl (C=O) groups is 1. The summed E-state index contributed by atoms with van der Waals surface area (Å²) in [5.74, 6) is 1.58. The maximum absolute atomic E-state index is 13.8. The third-order valence-corrected chi connectivity index (χ3v) is 6.12. The van der Waals surface area contributed by atoms with E-state index in [4.69, 9.17) is 8.94 Å². The van der Waals surface area contributed by atoms with Crippen molar-refractivity contribution in [3.8, 4) is 11.3 Å². The van der Waals surface area contributed by atoms with E-state index in [2.05, 4.69) is 22.3 Å². The second kappa shape index (κ2) is 7.69. The molecule has 1 aliphatic rings. The third-order valence-electron chi connectivity index (χ3n) is 6.12. The van der Waals surface area contributed by atoms with Crippen molar-refractivity contribution >= 4 is 17.0 Å². The predicted octanol–water partition coefficient (Wildman–Crippen LogP) is 5.26. The highest BCUT2D eigenvalue weighted by atomic mass is 16.5. The van der Waals surface area contributed by atoms with Gasteiger partial charge in [0.2, 0.25) is 0 Å². The average Bonchev–Trinajstić information content (AvgIpc) is 3.46. The van der Waals surface area contributed by atoms with E-state index in [9.17, 15) is 4.79 Å². The fourth-order valence-electron chi connectivity index (χ4n) is 4.64. The molecule has 158 valence electrons. The van der Waals surface area contributed by atoms with Crippen molar-refractivity contribution in [3.05, 3.63) is 70.8 Å². The molecule has 1 fully saturated rings. The molecule has 0 spiro atoms. The smallest absolute Gasteiger partial charge is 0.259 e. The first-order valence-corrected chi connectivity index (χ1v) is 10.7. The first-order chi connectivity index (χ1) is 15.0. The van der Waals surface area contributed by atoms with Gasteiger partial charge in [-0.15, -0.1) is 0 Å². The minimum atomic E-state index is 0.0104. The van der Waals surface area contributed by atoms with E-state index in [-0.39, 0.29) is 11.9 Å². The number of hydrogen-bond acceptors (Lipinski definition) is 5. The zero-order valence-corrected chi connectivity index (χ0v) is 18.0. The van der Waals surface area contributed by atoms with Gasteiger partial charge in [-0.25, -0.2) is 4.98 Å². The van der Waals surface area contributed by atoms with Crippen LogP contribution in [0.3, 0.4) is 0 Å². The van der Waals surface area contributed by atoms with Crippen molar-refractivity contribution < 1.29 is 13.7 Å². The van der Waals surface area contributed by atoms with Crippen LogP contribution in [0, 0.1) is 20.8 Å². The van der Waals surface area contributed by atoms with Crippen LogP contribution in [0.2, 0.25) is 0 Å². The number of nitrogens with zero attached hydrogens (tertiary/aromatic N) is 3. The summed E-state index contributed by atoms with van der Waals surface area (Å²) < 4.78 is 11.2. The quantitative estimate of drug-likeness (QED) is 0.455. The van der Waals surface area contributed by atoms with Gasteiger partial charge in [0.15, 0.2) is 0 Å². The molecule has 0 bridgehead atoms. The molecule has 0 N–H and O–H groups in total. The number of fused-ring (bicyclic) bond motifs is 1. The molecule has 4 heterocycles. The van der Waals surface area contributed by atoms with Gasteiger partial charge in [0.25, 0.3) is 11.6 Å². The fraction of sp³-hybridized carbons (Fsp3) is 0.320. The lowest BCUT2D eigenvalue weighted by Crippen LogP contribution is -2.37. The summed E-state index contributed by atoms with van der Waals surface area (Å²) in [5, 5.41) is 4.77. The molecule has 0 aliphatic carbocycles. The number of likely N-dealkylation sites (tertiary alicyclic amines) is 1. The number of rotatable bonds is 4. The molecule has 31 heavy (non-hydrogen) atoms. The molecule has 6 heteroatoms. The molecule has 0 saturated carbocycles. The van der Waals surface area contributed by atoms with Gasteiger partial charge in [-0.2, -0.15) is 0 Å². The summed E-state index contributed by atoms with van der Waals surface area (Å²) in [6, 6.07) is 14.3. The summed E-state index contributed by atoms with van der Waals surface area (Å²) in [6.45, 7) is 6.40. The molecule has 1 saturated heterocycles. The third kappa shape index (κ3) is 3.52. The van der Waals surface area contributed by atoms with Crippen LogP contribution in [0.25, 0.3) is 22.4 Å². The van der Waals surface area contributed by atoms with E-state index >= 15 is 0 Å². The molecule has 4 aromatic rings. The van der Waals surface area contributed by atoms with Gasteiger partial charge in [0.1, 0.15) is 11.5 Å². The predicted molar refractivity (Wildman–Crippen MR) is 118 cm³/mol. The van der Waals surface area contributed by atoms with E-state index < -0.39 is 0 Å². The van der Waals surface area contributed by atoms with Crippen LogP contribution in [0.1, 0.15) is 46.0 Å². The Bertz CT molecular complexity index is 1260. The minimum absolute atomic E-state index is 0.0104. The summed E-state index contributed by atoms with van der Waals surface area (Å²) >= 11 is 0. The van der Waals surface area contributed by atoms with Crippen LogP contribution in [0.15, 0.2) is 51.4 Å². The van der Waals surface area contributed by atoms with Gasteiger partial charge >= 0.3 is 0 Å². The molecule has 6 nitrogen and oxygen atoms in total. The molecule has 1 amide bonds. The van der Waals surface area contributed by atoms with Crippen molar-refractivity contribution in [2.24, 2.45) is 0 Å². The monoisotopic (exact) mass is 415 g/mol. The number of furan rings is 1. The number of amides is 1. The van der Waals surface area contributed by atoms with Crippen LogP contribution < -0.4 is 0 Å². The van der Waals surface area contributed by atoms with E-state index in [1.54, 1.807) is 0 Å². The molecule has 1 aliphatic heterocycles. The van der Waals surface area contributed by atoms with Crippen molar-refractivity contribution in [2.45, 2.75) is 46.1 Å².